The van der Waals surface area contributed by atoms with Crippen molar-refractivity contribution < 1.29 is 28.8 Å². The fourth-order valence-electron chi connectivity index (χ4n) is 5.71. The molecule has 7 unspecified atom stereocenters. The molecule has 1 spiro atoms. The zero-order valence-corrected chi connectivity index (χ0v) is 13.2. The number of fused-ring (bicyclic) bond motifs is 1. The summed E-state index contributed by atoms with van der Waals surface area (Å²) in [5.74, 6) is -0.750. The highest BCUT2D eigenvalue weighted by Crippen LogP contribution is 2.69. The summed E-state index contributed by atoms with van der Waals surface area (Å²) >= 11 is 0. The SMILES string of the molecule is CCC12C3OC3C3(C)OOC14C(CCOC4O3)CC(=O)[C@H]2C. The molecule has 6 rings (SSSR count). The van der Waals surface area contributed by atoms with Crippen molar-refractivity contribution in [3.8, 4) is 0 Å². The summed E-state index contributed by atoms with van der Waals surface area (Å²) in [4.78, 5) is 24.5. The van der Waals surface area contributed by atoms with Crippen LogP contribution >= 0.6 is 0 Å². The van der Waals surface area contributed by atoms with E-state index < -0.39 is 23.1 Å². The predicted molar refractivity (Wildman–Crippen MR) is 72.4 cm³/mol. The maximum atomic E-state index is 12.7. The molecule has 0 N–H and O–H groups in total. The van der Waals surface area contributed by atoms with Crippen molar-refractivity contribution in [3.05, 3.63) is 0 Å². The van der Waals surface area contributed by atoms with Gasteiger partial charge in [-0.2, -0.15) is 4.89 Å². The van der Waals surface area contributed by atoms with E-state index in [-0.39, 0.29) is 24.0 Å². The Morgan fingerprint density at radius 3 is 2.86 bits per heavy atom. The maximum Gasteiger partial charge on any atom is 0.230 e. The minimum Gasteiger partial charge on any atom is -0.363 e. The van der Waals surface area contributed by atoms with E-state index in [1.54, 1.807) is 0 Å². The first-order valence-corrected chi connectivity index (χ1v) is 8.34. The number of hydrogen-bond donors (Lipinski definition) is 0. The minimum atomic E-state index is -0.954. The number of rotatable bonds is 1. The highest BCUT2D eigenvalue weighted by Gasteiger charge is 2.84. The molecule has 5 aliphatic heterocycles. The van der Waals surface area contributed by atoms with Crippen LogP contribution in [-0.2, 0) is 28.8 Å². The summed E-state index contributed by atoms with van der Waals surface area (Å²) in [5, 5.41) is 0. The van der Waals surface area contributed by atoms with Gasteiger partial charge in [-0.25, -0.2) is 4.89 Å². The second-order valence-electron chi connectivity index (χ2n) is 7.55. The van der Waals surface area contributed by atoms with Crippen LogP contribution in [0.1, 0.15) is 40.0 Å². The van der Waals surface area contributed by atoms with Gasteiger partial charge in [0.15, 0.2) is 11.9 Å². The van der Waals surface area contributed by atoms with E-state index in [9.17, 15) is 4.79 Å². The molecular formula is C16H22O6. The Balaban J connectivity index is 1.77. The number of epoxide rings is 1. The van der Waals surface area contributed by atoms with Gasteiger partial charge in [0, 0.05) is 23.7 Å². The average Bonchev–Trinajstić information content (AvgIpc) is 3.30. The number of hydrogen-bond acceptors (Lipinski definition) is 6. The summed E-state index contributed by atoms with van der Waals surface area (Å²) in [5.41, 5.74) is -1.19. The van der Waals surface area contributed by atoms with E-state index in [1.807, 2.05) is 13.8 Å². The lowest BCUT2D eigenvalue weighted by molar-refractivity contribution is -0.577. The van der Waals surface area contributed by atoms with Crippen LogP contribution in [0.5, 0.6) is 0 Å². The molecule has 8 atom stereocenters. The molecule has 22 heavy (non-hydrogen) atoms. The van der Waals surface area contributed by atoms with E-state index >= 15 is 0 Å². The molecule has 6 fully saturated rings. The van der Waals surface area contributed by atoms with Gasteiger partial charge in [-0.05, 0) is 19.8 Å². The molecule has 0 aromatic heterocycles. The fraction of sp³-hybridized carbons (Fsp3) is 0.938. The third-order valence-corrected chi connectivity index (χ3v) is 6.91. The Bertz CT molecular complexity index is 551. The van der Waals surface area contributed by atoms with Gasteiger partial charge >= 0.3 is 0 Å². The van der Waals surface area contributed by atoms with Crippen LogP contribution in [0.3, 0.4) is 0 Å². The normalized spacial score (nSPS) is 62.1. The molecule has 0 amide bonds. The summed E-state index contributed by atoms with van der Waals surface area (Å²) < 4.78 is 18.2. The number of ketones is 1. The number of carbonyl (C=O) groups excluding carboxylic acids is 1. The molecular weight excluding hydrogens is 288 g/mol. The number of ether oxygens (including phenoxy) is 3. The van der Waals surface area contributed by atoms with Crippen LogP contribution in [0, 0.1) is 17.3 Å². The van der Waals surface area contributed by atoms with Crippen LogP contribution in [0.25, 0.3) is 0 Å². The van der Waals surface area contributed by atoms with E-state index in [0.29, 0.717) is 18.8 Å². The molecule has 0 aromatic rings. The standard InChI is InChI=1S/C16H22O6/c1-4-15-8(2)10(17)7-9-5-6-18-13-16(9,15)22-21-14(3,20-13)11-12(15)19-11/h8-9,11-13H,4-7H2,1-3H3/t8-,9?,11?,12?,13?,14?,15?,16?/m1/s1. The molecule has 0 radical (unpaired) electrons. The van der Waals surface area contributed by atoms with E-state index in [0.717, 1.165) is 12.8 Å². The van der Waals surface area contributed by atoms with Crippen molar-refractivity contribution >= 4 is 5.78 Å². The number of Topliss-reactive ketones (excluding diaryl/α,β-unsaturated/α-hetero) is 1. The maximum absolute atomic E-state index is 12.7. The monoisotopic (exact) mass is 310 g/mol. The van der Waals surface area contributed by atoms with Gasteiger partial charge in [0.25, 0.3) is 0 Å². The molecule has 1 aliphatic carbocycles. The van der Waals surface area contributed by atoms with Gasteiger partial charge in [-0.1, -0.05) is 13.8 Å². The lowest BCUT2D eigenvalue weighted by atomic mass is 9.49. The van der Waals surface area contributed by atoms with Gasteiger partial charge in [-0.15, -0.1) is 0 Å². The minimum absolute atomic E-state index is 0.0578. The van der Waals surface area contributed by atoms with Crippen molar-refractivity contribution in [1.29, 1.82) is 0 Å². The van der Waals surface area contributed by atoms with Crippen LogP contribution in [0.15, 0.2) is 0 Å². The number of carbonyl (C=O) groups is 1. The van der Waals surface area contributed by atoms with Crippen molar-refractivity contribution in [2.45, 2.75) is 69.9 Å². The summed E-state index contributed by atoms with van der Waals surface area (Å²) in [6.45, 7) is 6.54. The second kappa shape index (κ2) is 3.92. The van der Waals surface area contributed by atoms with Crippen LogP contribution in [0.4, 0.5) is 0 Å². The first-order chi connectivity index (χ1) is 10.5. The second-order valence-corrected chi connectivity index (χ2v) is 7.55. The molecule has 5 heterocycles. The summed E-state index contributed by atoms with van der Waals surface area (Å²) in [6.07, 6.45) is 1.31. The quantitative estimate of drug-likeness (QED) is 0.541. The van der Waals surface area contributed by atoms with E-state index in [2.05, 4.69) is 6.92 Å². The van der Waals surface area contributed by atoms with Gasteiger partial charge in [0.1, 0.15) is 11.9 Å². The molecule has 6 nitrogen and oxygen atoms in total. The topological polar surface area (TPSA) is 66.5 Å². The van der Waals surface area contributed by atoms with Gasteiger partial charge < -0.3 is 14.2 Å². The van der Waals surface area contributed by atoms with Gasteiger partial charge in [-0.3, -0.25) is 4.79 Å². The smallest absolute Gasteiger partial charge is 0.230 e. The third kappa shape index (κ3) is 1.23. The zero-order chi connectivity index (χ0) is 15.3. The van der Waals surface area contributed by atoms with E-state index in [1.165, 1.54) is 0 Å². The van der Waals surface area contributed by atoms with Crippen molar-refractivity contribution in [2.75, 3.05) is 6.61 Å². The molecule has 122 valence electrons. The Morgan fingerprint density at radius 2 is 2.09 bits per heavy atom. The molecule has 6 heteroatoms. The summed E-state index contributed by atoms with van der Waals surface area (Å²) in [6, 6.07) is 0. The third-order valence-electron chi connectivity index (χ3n) is 6.91. The Hall–Kier alpha value is -0.530. The molecule has 5 saturated heterocycles. The van der Waals surface area contributed by atoms with Crippen LogP contribution in [-0.4, -0.2) is 42.3 Å². The largest absolute Gasteiger partial charge is 0.363 e. The highest BCUT2D eigenvalue weighted by atomic mass is 17.3. The lowest BCUT2D eigenvalue weighted by Crippen LogP contribution is -2.74. The molecule has 0 aromatic carbocycles. The lowest BCUT2D eigenvalue weighted by Gasteiger charge is -2.62. The van der Waals surface area contributed by atoms with E-state index in [4.69, 9.17) is 24.0 Å². The van der Waals surface area contributed by atoms with Crippen molar-refractivity contribution in [3.63, 3.8) is 0 Å². The first-order valence-electron chi connectivity index (χ1n) is 8.34. The van der Waals surface area contributed by atoms with Crippen LogP contribution in [0.2, 0.25) is 0 Å². The van der Waals surface area contributed by atoms with Gasteiger partial charge in [0.2, 0.25) is 5.79 Å². The Kier molecular flexibility index (Phi) is 2.47. The molecule has 1 saturated carbocycles. The van der Waals surface area contributed by atoms with Crippen molar-refractivity contribution in [1.82, 2.24) is 0 Å². The van der Waals surface area contributed by atoms with Crippen molar-refractivity contribution in [2.24, 2.45) is 17.3 Å². The Labute approximate surface area is 129 Å². The first kappa shape index (κ1) is 13.9. The molecule has 6 aliphatic rings. The molecule has 2 bridgehead atoms. The summed E-state index contributed by atoms with van der Waals surface area (Å²) in [7, 11) is 0. The Morgan fingerprint density at radius 1 is 1.27 bits per heavy atom. The average molecular weight is 310 g/mol. The fourth-order valence-corrected chi connectivity index (χ4v) is 5.71. The van der Waals surface area contributed by atoms with Crippen LogP contribution < -0.4 is 0 Å². The zero-order valence-electron chi connectivity index (χ0n) is 13.2. The van der Waals surface area contributed by atoms with Gasteiger partial charge in [0.05, 0.1) is 12.7 Å². The predicted octanol–water partition coefficient (Wildman–Crippen LogP) is 1.57. The highest BCUT2D eigenvalue weighted by molar-refractivity contribution is 5.84.